The summed E-state index contributed by atoms with van der Waals surface area (Å²) in [5.41, 5.74) is 3.80. The molecule has 0 spiro atoms. The standard InChI is InChI=1S/C25H27N7O4/c1-16-3-4-18-19(32(16)25(35)36)5-6-20-24(18)29-21(8-12-30-11-2-9-28-30)31(20)15-23(34)27-14-17-7-10-26-22(33)13-17/h2,5-7,9-11,13,16H,3-4,8,12,14-15H2,1H3,(H,26,33)(H,27,34)(H,35,36)/t16-/m0/s1. The molecule has 1 aliphatic rings. The van der Waals surface area contributed by atoms with E-state index in [9.17, 15) is 19.8 Å². The highest BCUT2D eigenvalue weighted by molar-refractivity contribution is 5.95. The van der Waals surface area contributed by atoms with Gasteiger partial charge >= 0.3 is 6.09 Å². The van der Waals surface area contributed by atoms with Gasteiger partial charge in [0.05, 0.1) is 16.7 Å². The van der Waals surface area contributed by atoms with Gasteiger partial charge in [0.25, 0.3) is 0 Å². The third kappa shape index (κ3) is 4.59. The van der Waals surface area contributed by atoms with E-state index in [4.69, 9.17) is 4.98 Å². The smallest absolute Gasteiger partial charge is 0.412 e. The third-order valence-corrected chi connectivity index (χ3v) is 6.52. The monoisotopic (exact) mass is 489 g/mol. The average Bonchev–Trinajstić information content (AvgIpc) is 3.49. The second-order valence-corrected chi connectivity index (χ2v) is 8.90. The number of aromatic nitrogens is 5. The van der Waals surface area contributed by atoms with Gasteiger partial charge in [-0.05, 0) is 49.6 Å². The summed E-state index contributed by atoms with van der Waals surface area (Å²) >= 11 is 0. The molecule has 1 aromatic carbocycles. The minimum atomic E-state index is -0.984. The molecule has 0 saturated carbocycles. The highest BCUT2D eigenvalue weighted by Gasteiger charge is 2.30. The maximum Gasteiger partial charge on any atom is 0.412 e. The lowest BCUT2D eigenvalue weighted by atomic mass is 9.96. The van der Waals surface area contributed by atoms with Crippen LogP contribution in [0, 0.1) is 0 Å². The number of fused-ring (bicyclic) bond motifs is 3. The van der Waals surface area contributed by atoms with Crippen LogP contribution in [0.25, 0.3) is 11.0 Å². The van der Waals surface area contributed by atoms with Crippen molar-refractivity contribution in [1.29, 1.82) is 0 Å². The molecule has 0 bridgehead atoms. The van der Waals surface area contributed by atoms with Crippen molar-refractivity contribution in [2.24, 2.45) is 0 Å². The van der Waals surface area contributed by atoms with Crippen LogP contribution >= 0.6 is 0 Å². The Morgan fingerprint density at radius 1 is 1.22 bits per heavy atom. The van der Waals surface area contributed by atoms with Crippen molar-refractivity contribution < 1.29 is 19.8 Å². The summed E-state index contributed by atoms with van der Waals surface area (Å²) in [5, 5.41) is 26.5. The first kappa shape index (κ1) is 23.3. The van der Waals surface area contributed by atoms with E-state index in [1.807, 2.05) is 40.6 Å². The maximum absolute atomic E-state index is 12.9. The molecule has 3 N–H and O–H groups in total. The lowest BCUT2D eigenvalue weighted by Crippen LogP contribution is -2.41. The maximum atomic E-state index is 12.9. The van der Waals surface area contributed by atoms with Crippen molar-refractivity contribution >= 4 is 28.7 Å². The van der Waals surface area contributed by atoms with Crippen LogP contribution in [0.5, 0.6) is 5.88 Å². The molecule has 5 rings (SSSR count). The van der Waals surface area contributed by atoms with Gasteiger partial charge in [-0.1, -0.05) is 0 Å². The number of aryl methyl sites for hydroxylation is 3. The van der Waals surface area contributed by atoms with E-state index in [1.54, 1.807) is 12.3 Å². The number of nitrogens with zero attached hydrogens (tertiary/aromatic N) is 6. The van der Waals surface area contributed by atoms with Gasteiger partial charge in [-0.3, -0.25) is 14.4 Å². The number of hydrogen-bond acceptors (Lipinski definition) is 6. The molecule has 3 aromatic heterocycles. The number of rotatable bonds is 7. The van der Waals surface area contributed by atoms with Crippen molar-refractivity contribution in [2.45, 2.75) is 51.9 Å². The molecular formula is C25H27N7O4. The number of aromatic hydroxyl groups is 1. The summed E-state index contributed by atoms with van der Waals surface area (Å²) in [6, 6.07) is 8.63. The van der Waals surface area contributed by atoms with Gasteiger partial charge in [-0.25, -0.2) is 14.8 Å². The molecule has 0 aliphatic carbocycles. The number of anilines is 1. The van der Waals surface area contributed by atoms with Gasteiger partial charge in [0.2, 0.25) is 11.8 Å². The summed E-state index contributed by atoms with van der Waals surface area (Å²) in [7, 11) is 0. The van der Waals surface area contributed by atoms with Crippen LogP contribution in [0.15, 0.2) is 48.9 Å². The molecule has 0 fully saturated rings. The summed E-state index contributed by atoms with van der Waals surface area (Å²) in [5.74, 6) is 0.424. The van der Waals surface area contributed by atoms with Crippen LogP contribution in [-0.2, 0) is 37.3 Å². The zero-order valence-electron chi connectivity index (χ0n) is 19.8. The van der Waals surface area contributed by atoms with E-state index in [1.165, 1.54) is 17.2 Å². The number of carbonyl (C=O) groups excluding carboxylic acids is 1. The van der Waals surface area contributed by atoms with E-state index >= 15 is 0 Å². The Labute approximate surface area is 207 Å². The van der Waals surface area contributed by atoms with E-state index in [0.29, 0.717) is 31.5 Å². The number of imidazole rings is 1. The molecule has 2 amide bonds. The molecular weight excluding hydrogens is 462 g/mol. The van der Waals surface area contributed by atoms with E-state index in [0.717, 1.165) is 28.0 Å². The fourth-order valence-corrected chi connectivity index (χ4v) is 4.75. The molecule has 0 unspecified atom stereocenters. The highest BCUT2D eigenvalue weighted by Crippen LogP contribution is 2.36. The normalized spacial score (nSPS) is 15.1. The first-order valence-electron chi connectivity index (χ1n) is 11.8. The SMILES string of the molecule is C[C@H]1CCc2c(ccc3c2nc(CCn2cccn2)n3CC(=O)NCc2ccnc(O)c2)N1C(=O)O. The molecule has 1 aliphatic heterocycles. The van der Waals surface area contributed by atoms with E-state index < -0.39 is 6.09 Å². The fourth-order valence-electron chi connectivity index (χ4n) is 4.75. The van der Waals surface area contributed by atoms with Crippen LogP contribution in [0.4, 0.5) is 10.5 Å². The Hall–Kier alpha value is -4.41. The van der Waals surface area contributed by atoms with Crippen molar-refractivity contribution in [2.75, 3.05) is 4.90 Å². The predicted molar refractivity (Wildman–Crippen MR) is 132 cm³/mol. The second-order valence-electron chi connectivity index (χ2n) is 8.90. The van der Waals surface area contributed by atoms with Crippen LogP contribution in [0.2, 0.25) is 0 Å². The lowest BCUT2D eigenvalue weighted by molar-refractivity contribution is -0.121. The highest BCUT2D eigenvalue weighted by atomic mass is 16.4. The second kappa shape index (κ2) is 9.68. The Morgan fingerprint density at radius 3 is 2.83 bits per heavy atom. The minimum Gasteiger partial charge on any atom is -0.493 e. The molecule has 186 valence electrons. The first-order valence-corrected chi connectivity index (χ1v) is 11.8. The number of pyridine rings is 1. The van der Waals surface area contributed by atoms with Crippen LogP contribution in [0.3, 0.4) is 0 Å². The van der Waals surface area contributed by atoms with Crippen molar-refractivity contribution in [3.8, 4) is 5.88 Å². The van der Waals surface area contributed by atoms with E-state index in [2.05, 4.69) is 15.4 Å². The summed E-state index contributed by atoms with van der Waals surface area (Å²) in [6.07, 6.45) is 6.05. The van der Waals surface area contributed by atoms with Gasteiger partial charge in [-0.2, -0.15) is 5.10 Å². The fraction of sp³-hybridized carbons (Fsp3) is 0.320. The summed E-state index contributed by atoms with van der Waals surface area (Å²) < 4.78 is 3.70. The number of carboxylic acid groups (broad SMARTS) is 1. The van der Waals surface area contributed by atoms with Crippen LogP contribution < -0.4 is 10.2 Å². The molecule has 4 heterocycles. The van der Waals surface area contributed by atoms with Gasteiger partial charge in [0.1, 0.15) is 12.4 Å². The number of carbonyl (C=O) groups is 2. The summed E-state index contributed by atoms with van der Waals surface area (Å²) in [4.78, 5) is 34.9. The van der Waals surface area contributed by atoms with Gasteiger partial charge in [0.15, 0.2) is 0 Å². The van der Waals surface area contributed by atoms with E-state index in [-0.39, 0.29) is 30.9 Å². The topological polar surface area (TPSA) is 138 Å². The first-order chi connectivity index (χ1) is 17.4. The predicted octanol–water partition coefficient (Wildman–Crippen LogP) is 2.71. The molecule has 36 heavy (non-hydrogen) atoms. The van der Waals surface area contributed by atoms with Gasteiger partial charge in [-0.15, -0.1) is 0 Å². The Kier molecular flexibility index (Phi) is 6.28. The molecule has 0 radical (unpaired) electrons. The minimum absolute atomic E-state index is 0.0554. The molecule has 0 saturated heterocycles. The van der Waals surface area contributed by atoms with Gasteiger partial charge in [0, 0.05) is 55.8 Å². The number of nitrogens with one attached hydrogen (secondary N) is 1. The zero-order chi connectivity index (χ0) is 25.2. The molecule has 1 atom stereocenters. The quantitative estimate of drug-likeness (QED) is 0.363. The third-order valence-electron chi connectivity index (χ3n) is 6.52. The molecule has 11 heteroatoms. The van der Waals surface area contributed by atoms with Crippen molar-refractivity contribution in [3.05, 3.63) is 65.9 Å². The largest absolute Gasteiger partial charge is 0.493 e. The van der Waals surface area contributed by atoms with Crippen molar-refractivity contribution in [1.82, 2.24) is 29.6 Å². The Morgan fingerprint density at radius 2 is 2.08 bits per heavy atom. The van der Waals surface area contributed by atoms with Crippen LogP contribution in [-0.4, -0.2) is 52.6 Å². The average molecular weight is 490 g/mol. The molecule has 4 aromatic rings. The van der Waals surface area contributed by atoms with Crippen molar-refractivity contribution in [3.63, 3.8) is 0 Å². The number of amides is 2. The lowest BCUT2D eigenvalue weighted by Gasteiger charge is -2.33. The zero-order valence-corrected chi connectivity index (χ0v) is 19.8. The Bertz CT molecular complexity index is 1410. The van der Waals surface area contributed by atoms with Crippen LogP contribution in [0.1, 0.15) is 30.3 Å². The number of benzene rings is 1. The Balaban J connectivity index is 1.47. The summed E-state index contributed by atoms with van der Waals surface area (Å²) in [6.45, 7) is 2.81. The van der Waals surface area contributed by atoms with Gasteiger partial charge < -0.3 is 20.1 Å². The number of hydrogen-bond donors (Lipinski definition) is 3. The molecule has 11 nitrogen and oxygen atoms in total.